The Hall–Kier alpha value is -5.83. The van der Waals surface area contributed by atoms with Gasteiger partial charge in [0.15, 0.2) is 28.8 Å². The minimum absolute atomic E-state index is 0.0310. The van der Waals surface area contributed by atoms with Crippen molar-refractivity contribution >= 4 is 27.3 Å². The summed E-state index contributed by atoms with van der Waals surface area (Å²) in [5, 5.41) is 25.0. The van der Waals surface area contributed by atoms with Gasteiger partial charge >= 0.3 is 0 Å². The number of carbonyl (C=O) groups excluding carboxylic acids is 1. The summed E-state index contributed by atoms with van der Waals surface area (Å²) in [5.41, 5.74) is 2.62. The standard InChI is InChI=1S/C33H20N2O7/c36-31(19-5-7-34-25(9-19)21-3-1-17-11-27-29(41-15-39-27)13-23(17)32(21)37)20-6-8-35-26(10-20)22-4-2-18-12-28-30(42-16-40-28)14-24(18)33(22)38/h1-14,37-38H,15-16H2. The van der Waals surface area contributed by atoms with E-state index in [1.54, 1.807) is 48.5 Å². The molecule has 0 spiro atoms. The van der Waals surface area contributed by atoms with E-state index in [1.165, 1.54) is 12.4 Å². The second kappa shape index (κ2) is 9.10. The molecular formula is C33H20N2O7. The summed E-state index contributed by atoms with van der Waals surface area (Å²) in [4.78, 5) is 22.5. The monoisotopic (exact) mass is 556 g/mol. The van der Waals surface area contributed by atoms with Crippen LogP contribution in [-0.4, -0.2) is 39.6 Å². The summed E-state index contributed by atoms with van der Waals surface area (Å²) in [6.07, 6.45) is 3.07. The van der Waals surface area contributed by atoms with Crippen molar-refractivity contribution < 1.29 is 34.0 Å². The van der Waals surface area contributed by atoms with E-state index >= 15 is 0 Å². The summed E-state index contributed by atoms with van der Waals surface area (Å²) in [7, 11) is 0. The van der Waals surface area contributed by atoms with E-state index < -0.39 is 0 Å². The molecule has 204 valence electrons. The first-order valence-corrected chi connectivity index (χ1v) is 13.1. The molecule has 0 atom stereocenters. The Morgan fingerprint density at radius 2 is 1.00 bits per heavy atom. The Bertz CT molecular complexity index is 1960. The zero-order valence-corrected chi connectivity index (χ0v) is 21.8. The second-order valence-electron chi connectivity index (χ2n) is 9.97. The average molecular weight is 557 g/mol. The van der Waals surface area contributed by atoms with E-state index in [4.69, 9.17) is 18.9 Å². The summed E-state index contributed by atoms with van der Waals surface area (Å²) in [5.74, 6) is 2.18. The van der Waals surface area contributed by atoms with Crippen LogP contribution in [0.15, 0.2) is 85.2 Å². The number of pyridine rings is 2. The molecule has 4 heterocycles. The molecule has 0 amide bonds. The highest BCUT2D eigenvalue weighted by Gasteiger charge is 2.21. The van der Waals surface area contributed by atoms with E-state index in [-0.39, 0.29) is 30.9 Å². The number of rotatable bonds is 4. The van der Waals surface area contributed by atoms with Crippen molar-refractivity contribution in [3.8, 4) is 57.0 Å². The molecule has 2 N–H and O–H groups in total. The highest BCUT2D eigenvalue weighted by Crippen LogP contribution is 2.44. The van der Waals surface area contributed by atoms with E-state index in [1.807, 2.05) is 24.3 Å². The number of nitrogens with zero attached hydrogens (tertiary/aromatic N) is 2. The zero-order chi connectivity index (χ0) is 28.4. The van der Waals surface area contributed by atoms with Gasteiger partial charge in [-0.1, -0.05) is 12.1 Å². The minimum atomic E-state index is -0.255. The Balaban J connectivity index is 1.14. The number of phenolic OH excluding ortho intramolecular Hbond substituents is 2. The lowest BCUT2D eigenvalue weighted by atomic mass is 9.98. The van der Waals surface area contributed by atoms with Crippen LogP contribution in [0.4, 0.5) is 0 Å². The molecule has 0 bridgehead atoms. The van der Waals surface area contributed by atoms with Gasteiger partial charge in [-0.3, -0.25) is 14.8 Å². The van der Waals surface area contributed by atoms with E-state index in [0.717, 1.165) is 10.8 Å². The van der Waals surface area contributed by atoms with Crippen molar-refractivity contribution in [3.05, 3.63) is 96.3 Å². The van der Waals surface area contributed by atoms with Gasteiger partial charge in [-0.25, -0.2) is 0 Å². The summed E-state index contributed by atoms with van der Waals surface area (Å²) in [6, 6.07) is 20.9. The third-order valence-electron chi connectivity index (χ3n) is 7.57. The summed E-state index contributed by atoms with van der Waals surface area (Å²) >= 11 is 0. The normalized spacial score (nSPS) is 13.1. The van der Waals surface area contributed by atoms with Crippen LogP contribution >= 0.6 is 0 Å². The maximum atomic E-state index is 13.6. The van der Waals surface area contributed by atoms with E-state index in [2.05, 4.69) is 9.97 Å². The molecule has 42 heavy (non-hydrogen) atoms. The van der Waals surface area contributed by atoms with Gasteiger partial charge in [0.2, 0.25) is 13.6 Å². The van der Waals surface area contributed by atoms with Crippen LogP contribution in [-0.2, 0) is 0 Å². The first-order valence-electron chi connectivity index (χ1n) is 13.1. The van der Waals surface area contributed by atoms with Crippen LogP contribution in [0.1, 0.15) is 15.9 Å². The molecular weight excluding hydrogens is 536 g/mol. The Morgan fingerprint density at radius 3 is 1.45 bits per heavy atom. The van der Waals surface area contributed by atoms with Gasteiger partial charge in [0.1, 0.15) is 11.5 Å². The van der Waals surface area contributed by atoms with Crippen molar-refractivity contribution in [2.75, 3.05) is 13.6 Å². The summed E-state index contributed by atoms with van der Waals surface area (Å²) < 4.78 is 21.8. The van der Waals surface area contributed by atoms with Crippen LogP contribution in [0.25, 0.3) is 44.1 Å². The third-order valence-corrected chi connectivity index (χ3v) is 7.57. The van der Waals surface area contributed by atoms with Crippen molar-refractivity contribution in [1.82, 2.24) is 9.97 Å². The molecule has 2 aromatic heterocycles. The number of aromatic nitrogens is 2. The first-order chi connectivity index (χ1) is 20.5. The van der Waals surface area contributed by atoms with Crippen molar-refractivity contribution in [1.29, 1.82) is 0 Å². The molecule has 9 nitrogen and oxygen atoms in total. The predicted octanol–water partition coefficient (Wildman–Crippen LogP) is 6.22. The van der Waals surface area contributed by atoms with Gasteiger partial charge in [0.25, 0.3) is 0 Å². The first kappa shape index (κ1) is 24.0. The molecule has 8 rings (SSSR count). The number of ketones is 1. The zero-order valence-electron chi connectivity index (χ0n) is 21.8. The van der Waals surface area contributed by atoms with Crippen LogP contribution in [0.5, 0.6) is 34.5 Å². The van der Waals surface area contributed by atoms with Gasteiger partial charge in [-0.05, 0) is 71.4 Å². The second-order valence-corrected chi connectivity index (χ2v) is 9.97. The number of benzene rings is 4. The van der Waals surface area contributed by atoms with Crippen LogP contribution in [0.2, 0.25) is 0 Å². The predicted molar refractivity (Wildman–Crippen MR) is 153 cm³/mol. The molecule has 2 aliphatic heterocycles. The quantitative estimate of drug-likeness (QED) is 0.244. The fraction of sp³-hybridized carbons (Fsp3) is 0.0606. The number of hydrogen-bond donors (Lipinski definition) is 2. The molecule has 0 saturated carbocycles. The number of ether oxygens (including phenoxy) is 4. The van der Waals surface area contributed by atoms with Crippen LogP contribution in [0.3, 0.4) is 0 Å². The van der Waals surface area contributed by atoms with E-state index in [0.29, 0.717) is 67.4 Å². The largest absolute Gasteiger partial charge is 0.507 e. The SMILES string of the molecule is O=C(c1ccnc(-c2ccc3cc4c(cc3c2O)OCO4)c1)c1ccnc(-c2ccc3cc4c(cc3c2O)OCO4)c1. The smallest absolute Gasteiger partial charge is 0.231 e. The minimum Gasteiger partial charge on any atom is -0.507 e. The maximum absolute atomic E-state index is 13.6. The lowest BCUT2D eigenvalue weighted by Gasteiger charge is -2.11. The third kappa shape index (κ3) is 3.75. The molecule has 0 radical (unpaired) electrons. The molecule has 2 aliphatic rings. The lowest BCUT2D eigenvalue weighted by Crippen LogP contribution is -2.03. The Kier molecular flexibility index (Phi) is 5.20. The lowest BCUT2D eigenvalue weighted by molar-refractivity contribution is 0.103. The van der Waals surface area contributed by atoms with Crippen LogP contribution in [0, 0.1) is 0 Å². The molecule has 9 heteroatoms. The number of carbonyl (C=O) groups is 1. The highest BCUT2D eigenvalue weighted by atomic mass is 16.7. The molecule has 6 aromatic rings. The number of hydrogen-bond acceptors (Lipinski definition) is 9. The van der Waals surface area contributed by atoms with Crippen molar-refractivity contribution in [3.63, 3.8) is 0 Å². The fourth-order valence-electron chi connectivity index (χ4n) is 5.41. The van der Waals surface area contributed by atoms with Gasteiger partial charge in [0.05, 0.1) is 11.4 Å². The Labute approximate surface area is 238 Å². The maximum Gasteiger partial charge on any atom is 0.231 e. The van der Waals surface area contributed by atoms with Crippen LogP contribution < -0.4 is 18.9 Å². The van der Waals surface area contributed by atoms with Gasteiger partial charge in [0, 0.05) is 45.4 Å². The molecule has 0 saturated heterocycles. The Morgan fingerprint density at radius 1 is 0.571 bits per heavy atom. The van der Waals surface area contributed by atoms with E-state index in [9.17, 15) is 15.0 Å². The molecule has 4 aromatic carbocycles. The van der Waals surface area contributed by atoms with Gasteiger partial charge in [-0.2, -0.15) is 0 Å². The van der Waals surface area contributed by atoms with Crippen molar-refractivity contribution in [2.24, 2.45) is 0 Å². The molecule has 0 fully saturated rings. The summed E-state index contributed by atoms with van der Waals surface area (Å²) in [6.45, 7) is 0.267. The van der Waals surface area contributed by atoms with Gasteiger partial charge in [-0.15, -0.1) is 0 Å². The average Bonchev–Trinajstić information content (AvgIpc) is 3.68. The highest BCUT2D eigenvalue weighted by molar-refractivity contribution is 6.10. The fourth-order valence-corrected chi connectivity index (χ4v) is 5.41. The van der Waals surface area contributed by atoms with Gasteiger partial charge < -0.3 is 29.2 Å². The molecule has 0 unspecified atom stereocenters. The number of phenols is 2. The number of fused-ring (bicyclic) bond motifs is 4. The topological polar surface area (TPSA) is 120 Å². The van der Waals surface area contributed by atoms with Crippen molar-refractivity contribution in [2.45, 2.75) is 0 Å². The number of aromatic hydroxyl groups is 2. The molecule has 0 aliphatic carbocycles.